The molecular formula is C9H8BrNO. The summed E-state index contributed by atoms with van der Waals surface area (Å²) >= 11 is 3.39. The molecule has 0 spiro atoms. The minimum atomic E-state index is 0.0329. The molecule has 1 aromatic carbocycles. The van der Waals surface area contributed by atoms with Gasteiger partial charge in [-0.2, -0.15) is 0 Å². The van der Waals surface area contributed by atoms with E-state index in [9.17, 15) is 0 Å². The van der Waals surface area contributed by atoms with Crippen LogP contribution in [0.25, 0.3) is 10.9 Å². The van der Waals surface area contributed by atoms with E-state index in [0.717, 1.165) is 15.4 Å². The number of hydrogen-bond donors (Lipinski definition) is 1. The standard InChI is InChI=1S/C9H8BrNO/c10-8-1-2-9-7(5-8)3-4-11(9)6-12/h1-5,12H,6H2. The number of halogens is 1. The third kappa shape index (κ3) is 1.15. The molecule has 0 fully saturated rings. The topological polar surface area (TPSA) is 25.2 Å². The van der Waals surface area contributed by atoms with Gasteiger partial charge in [0.25, 0.3) is 0 Å². The van der Waals surface area contributed by atoms with E-state index in [2.05, 4.69) is 15.9 Å². The van der Waals surface area contributed by atoms with Crippen molar-refractivity contribution in [3.63, 3.8) is 0 Å². The Morgan fingerprint density at radius 3 is 2.92 bits per heavy atom. The molecule has 0 saturated heterocycles. The van der Waals surface area contributed by atoms with Crippen LogP contribution < -0.4 is 0 Å². The van der Waals surface area contributed by atoms with Gasteiger partial charge in [-0.1, -0.05) is 15.9 Å². The minimum Gasteiger partial charge on any atom is -0.376 e. The lowest BCUT2D eigenvalue weighted by atomic mass is 10.2. The van der Waals surface area contributed by atoms with Crippen molar-refractivity contribution in [3.05, 3.63) is 34.9 Å². The van der Waals surface area contributed by atoms with Gasteiger partial charge in [0, 0.05) is 16.1 Å². The summed E-state index contributed by atoms with van der Waals surface area (Å²) in [7, 11) is 0. The summed E-state index contributed by atoms with van der Waals surface area (Å²) in [5, 5.41) is 10.1. The lowest BCUT2D eigenvalue weighted by Crippen LogP contribution is -1.92. The molecular weight excluding hydrogens is 218 g/mol. The monoisotopic (exact) mass is 225 g/mol. The first-order valence-corrected chi connectivity index (χ1v) is 4.46. The Morgan fingerprint density at radius 2 is 2.17 bits per heavy atom. The van der Waals surface area contributed by atoms with Gasteiger partial charge in [0.15, 0.2) is 0 Å². The molecule has 0 aliphatic heterocycles. The second-order valence-corrected chi connectivity index (χ2v) is 3.55. The Hall–Kier alpha value is -0.800. The maximum absolute atomic E-state index is 8.95. The van der Waals surface area contributed by atoms with Crippen LogP contribution in [0.15, 0.2) is 34.9 Å². The molecule has 3 heteroatoms. The van der Waals surface area contributed by atoms with E-state index in [-0.39, 0.29) is 6.73 Å². The second-order valence-electron chi connectivity index (χ2n) is 2.63. The van der Waals surface area contributed by atoms with Crippen molar-refractivity contribution < 1.29 is 5.11 Å². The van der Waals surface area contributed by atoms with E-state index in [0.29, 0.717) is 0 Å². The molecule has 0 unspecified atom stereocenters. The van der Waals surface area contributed by atoms with Crippen molar-refractivity contribution in [2.24, 2.45) is 0 Å². The van der Waals surface area contributed by atoms with Crippen molar-refractivity contribution >= 4 is 26.8 Å². The van der Waals surface area contributed by atoms with Crippen molar-refractivity contribution in [1.29, 1.82) is 0 Å². The molecule has 0 saturated carbocycles. The highest BCUT2D eigenvalue weighted by molar-refractivity contribution is 9.10. The van der Waals surface area contributed by atoms with Gasteiger partial charge in [0.1, 0.15) is 6.73 Å². The second kappa shape index (κ2) is 2.92. The fraction of sp³-hybridized carbons (Fsp3) is 0.111. The third-order valence-electron chi connectivity index (χ3n) is 1.89. The van der Waals surface area contributed by atoms with Crippen LogP contribution in [0.5, 0.6) is 0 Å². The van der Waals surface area contributed by atoms with E-state index in [4.69, 9.17) is 5.11 Å². The van der Waals surface area contributed by atoms with Crippen molar-refractivity contribution in [1.82, 2.24) is 4.57 Å². The Balaban J connectivity index is 2.73. The lowest BCUT2D eigenvalue weighted by molar-refractivity contribution is 0.215. The van der Waals surface area contributed by atoms with Crippen LogP contribution in [0.1, 0.15) is 0 Å². The molecule has 62 valence electrons. The summed E-state index contributed by atoms with van der Waals surface area (Å²) in [6.07, 6.45) is 1.87. The van der Waals surface area contributed by atoms with Crippen LogP contribution in [0.4, 0.5) is 0 Å². The molecule has 2 aromatic rings. The van der Waals surface area contributed by atoms with E-state index in [1.165, 1.54) is 0 Å². The number of benzene rings is 1. The average molecular weight is 226 g/mol. The van der Waals surface area contributed by atoms with Gasteiger partial charge in [-0.3, -0.25) is 0 Å². The van der Waals surface area contributed by atoms with Crippen LogP contribution >= 0.6 is 15.9 Å². The number of nitrogens with zero attached hydrogens (tertiary/aromatic N) is 1. The van der Waals surface area contributed by atoms with E-state index in [1.807, 2.05) is 30.5 Å². The molecule has 2 rings (SSSR count). The molecule has 12 heavy (non-hydrogen) atoms. The number of aliphatic hydroxyl groups is 1. The number of rotatable bonds is 1. The summed E-state index contributed by atoms with van der Waals surface area (Å²) < 4.78 is 2.85. The molecule has 1 N–H and O–H groups in total. The highest BCUT2D eigenvalue weighted by Gasteiger charge is 1.98. The highest BCUT2D eigenvalue weighted by Crippen LogP contribution is 2.20. The molecule has 0 amide bonds. The van der Waals surface area contributed by atoms with Gasteiger partial charge < -0.3 is 9.67 Å². The zero-order valence-corrected chi connectivity index (χ0v) is 7.95. The molecule has 1 heterocycles. The molecule has 0 aliphatic rings. The van der Waals surface area contributed by atoms with Crippen LogP contribution in [0.2, 0.25) is 0 Å². The summed E-state index contributed by atoms with van der Waals surface area (Å²) in [5.41, 5.74) is 1.06. The minimum absolute atomic E-state index is 0.0329. The van der Waals surface area contributed by atoms with Gasteiger partial charge in [-0.15, -0.1) is 0 Å². The molecule has 0 atom stereocenters. The zero-order valence-electron chi connectivity index (χ0n) is 6.37. The highest BCUT2D eigenvalue weighted by atomic mass is 79.9. The third-order valence-corrected chi connectivity index (χ3v) is 2.38. The van der Waals surface area contributed by atoms with Crippen molar-refractivity contribution in [2.75, 3.05) is 0 Å². The van der Waals surface area contributed by atoms with E-state index >= 15 is 0 Å². The van der Waals surface area contributed by atoms with Crippen LogP contribution in [0, 0.1) is 0 Å². The van der Waals surface area contributed by atoms with Gasteiger partial charge in [0.05, 0.1) is 5.52 Å². The number of aromatic nitrogens is 1. The predicted octanol–water partition coefficient (Wildman–Crippen LogP) is 2.35. The van der Waals surface area contributed by atoms with Gasteiger partial charge in [-0.05, 0) is 24.3 Å². The SMILES string of the molecule is OCn1ccc2cc(Br)ccc21. The quantitative estimate of drug-likeness (QED) is 0.793. The number of aliphatic hydroxyl groups excluding tert-OH is 1. The molecule has 0 bridgehead atoms. The normalized spacial score (nSPS) is 10.8. The molecule has 0 aliphatic carbocycles. The molecule has 1 aromatic heterocycles. The number of hydrogen-bond acceptors (Lipinski definition) is 1. The Labute approximate surface area is 78.6 Å². The van der Waals surface area contributed by atoms with Gasteiger partial charge in [-0.25, -0.2) is 0 Å². The predicted molar refractivity (Wildman–Crippen MR) is 51.9 cm³/mol. The van der Waals surface area contributed by atoms with Crippen molar-refractivity contribution in [3.8, 4) is 0 Å². The molecule has 2 nitrogen and oxygen atoms in total. The summed E-state index contributed by atoms with van der Waals surface area (Å²) in [4.78, 5) is 0. The zero-order chi connectivity index (χ0) is 8.55. The Kier molecular flexibility index (Phi) is 1.90. The Bertz CT molecular complexity index is 408. The largest absolute Gasteiger partial charge is 0.376 e. The van der Waals surface area contributed by atoms with Crippen LogP contribution in [-0.4, -0.2) is 9.67 Å². The molecule has 0 radical (unpaired) electrons. The number of fused-ring (bicyclic) bond motifs is 1. The summed E-state index contributed by atoms with van der Waals surface area (Å²) in [6.45, 7) is 0.0329. The smallest absolute Gasteiger partial charge is 0.119 e. The maximum Gasteiger partial charge on any atom is 0.119 e. The first-order valence-electron chi connectivity index (χ1n) is 3.66. The Morgan fingerprint density at radius 1 is 1.33 bits per heavy atom. The van der Waals surface area contributed by atoms with Crippen molar-refractivity contribution in [2.45, 2.75) is 6.73 Å². The first kappa shape index (κ1) is 7.83. The summed E-state index contributed by atoms with van der Waals surface area (Å²) in [5.74, 6) is 0. The van der Waals surface area contributed by atoms with E-state index in [1.54, 1.807) is 4.57 Å². The van der Waals surface area contributed by atoms with E-state index < -0.39 is 0 Å². The average Bonchev–Trinajstić information content (AvgIpc) is 2.46. The van der Waals surface area contributed by atoms with Gasteiger partial charge in [0.2, 0.25) is 0 Å². The fourth-order valence-corrected chi connectivity index (χ4v) is 1.67. The maximum atomic E-state index is 8.95. The lowest BCUT2D eigenvalue weighted by Gasteiger charge is -1.98. The van der Waals surface area contributed by atoms with Crippen LogP contribution in [-0.2, 0) is 6.73 Å². The van der Waals surface area contributed by atoms with Crippen LogP contribution in [0.3, 0.4) is 0 Å². The first-order chi connectivity index (χ1) is 5.81. The summed E-state index contributed by atoms with van der Waals surface area (Å²) in [6, 6.07) is 7.96. The van der Waals surface area contributed by atoms with Gasteiger partial charge >= 0.3 is 0 Å². The fourth-order valence-electron chi connectivity index (χ4n) is 1.29.